The van der Waals surface area contributed by atoms with Crippen LogP contribution < -0.4 is 16.1 Å². The highest BCUT2D eigenvalue weighted by molar-refractivity contribution is 7.09. The van der Waals surface area contributed by atoms with Gasteiger partial charge in [0, 0.05) is 43.3 Å². The summed E-state index contributed by atoms with van der Waals surface area (Å²) in [5.74, 6) is -1.25. The van der Waals surface area contributed by atoms with Gasteiger partial charge in [0.1, 0.15) is 12.1 Å². The van der Waals surface area contributed by atoms with Crippen molar-refractivity contribution in [3.63, 3.8) is 0 Å². The first-order chi connectivity index (χ1) is 27.1. The highest BCUT2D eigenvalue weighted by Gasteiger charge is 2.40. The van der Waals surface area contributed by atoms with Gasteiger partial charge in [-0.15, -0.1) is 11.3 Å². The predicted molar refractivity (Wildman–Crippen MR) is 219 cm³/mol. The van der Waals surface area contributed by atoms with Gasteiger partial charge in [-0.05, 0) is 47.9 Å². The Kier molecular flexibility index (Phi) is 14.4. The molecular formula is C42H54N8O6S. The zero-order valence-electron chi connectivity index (χ0n) is 33.4. The van der Waals surface area contributed by atoms with E-state index < -0.39 is 47.6 Å². The van der Waals surface area contributed by atoms with Crippen LogP contribution in [-0.4, -0.2) is 103 Å². The number of aromatic nitrogens is 2. The van der Waals surface area contributed by atoms with Crippen molar-refractivity contribution >= 4 is 35.3 Å². The molecule has 5 amide bonds. The lowest BCUT2D eigenvalue weighted by Gasteiger charge is -2.35. The van der Waals surface area contributed by atoms with Crippen molar-refractivity contribution in [1.29, 1.82) is 0 Å². The summed E-state index contributed by atoms with van der Waals surface area (Å²) in [5.41, 5.74) is 6.25. The van der Waals surface area contributed by atoms with Crippen molar-refractivity contribution in [3.05, 3.63) is 106 Å². The minimum atomic E-state index is -1.34. The summed E-state index contributed by atoms with van der Waals surface area (Å²) in [6.45, 7) is 12.1. The number of aliphatic hydroxyl groups is 1. The van der Waals surface area contributed by atoms with E-state index in [0.717, 1.165) is 33.1 Å². The summed E-state index contributed by atoms with van der Waals surface area (Å²) in [5, 5.41) is 31.4. The molecule has 1 saturated heterocycles. The monoisotopic (exact) mass is 798 g/mol. The van der Waals surface area contributed by atoms with E-state index in [0.29, 0.717) is 19.6 Å². The van der Waals surface area contributed by atoms with Gasteiger partial charge in [0.25, 0.3) is 5.91 Å². The fraction of sp³-hybridized carbons (Fsp3) is 0.429. The molecule has 0 spiro atoms. The minimum absolute atomic E-state index is 0.134. The van der Waals surface area contributed by atoms with E-state index in [1.807, 2.05) is 98.9 Å². The largest absolute Gasteiger partial charge is 0.465 e. The average Bonchev–Trinajstić information content (AvgIpc) is 3.74. The summed E-state index contributed by atoms with van der Waals surface area (Å²) < 4.78 is 0. The van der Waals surface area contributed by atoms with Crippen LogP contribution in [0.4, 0.5) is 9.59 Å². The highest BCUT2D eigenvalue weighted by Crippen LogP contribution is 2.24. The lowest BCUT2D eigenvalue weighted by atomic mass is 9.86. The van der Waals surface area contributed by atoms with E-state index in [-0.39, 0.29) is 31.5 Å². The maximum atomic E-state index is 14.3. The van der Waals surface area contributed by atoms with Gasteiger partial charge in [-0.2, -0.15) is 0 Å². The number of nitrogens with one attached hydrogen (secondary N) is 3. The number of amides is 5. The molecule has 0 bridgehead atoms. The fourth-order valence-electron chi connectivity index (χ4n) is 6.96. The maximum Gasteiger partial charge on any atom is 0.405 e. The summed E-state index contributed by atoms with van der Waals surface area (Å²) in [6.07, 6.45) is -0.595. The standard InChI is InChI=1S/C42H54N8O6S/c1-27(2)36(50-21-20-48(41(50)56)24-32-26-57-28(3)44-32)38(52)45-34(22-29-12-8-7-9-13-29)35(51)25-49(47-39(53)37(42(4,5)6)46-40(54)55)23-30-15-17-31(18-16-30)33-14-10-11-19-43-33/h7-19,26-27,34-37,46,51H,20-25H2,1-6H3,(H,45,52)(H,47,53)(H,54,55)/t34-,35-,36-,37?/m0/s1. The predicted octanol–water partition coefficient (Wildman–Crippen LogP) is 5.08. The van der Waals surface area contributed by atoms with Crippen LogP contribution >= 0.6 is 11.3 Å². The van der Waals surface area contributed by atoms with Crippen LogP contribution in [0.5, 0.6) is 0 Å². The molecule has 0 saturated carbocycles. The molecule has 57 heavy (non-hydrogen) atoms. The van der Waals surface area contributed by atoms with E-state index in [9.17, 15) is 29.4 Å². The van der Waals surface area contributed by atoms with Crippen LogP contribution in [0.15, 0.2) is 84.4 Å². The number of benzene rings is 2. The number of urea groups is 1. The number of carbonyl (C=O) groups is 4. The van der Waals surface area contributed by atoms with Gasteiger partial charge < -0.3 is 30.6 Å². The van der Waals surface area contributed by atoms with Crippen molar-refractivity contribution in [2.24, 2.45) is 11.3 Å². The number of aliphatic hydroxyl groups excluding tert-OH is 1. The number of nitrogens with zero attached hydrogens (tertiary/aromatic N) is 5. The van der Waals surface area contributed by atoms with Crippen LogP contribution in [-0.2, 0) is 29.1 Å². The van der Waals surface area contributed by atoms with Crippen molar-refractivity contribution in [1.82, 2.24) is 40.8 Å². The highest BCUT2D eigenvalue weighted by atomic mass is 32.1. The first-order valence-electron chi connectivity index (χ1n) is 19.1. The second kappa shape index (κ2) is 19.2. The van der Waals surface area contributed by atoms with Gasteiger partial charge in [0.05, 0.1) is 35.1 Å². The summed E-state index contributed by atoms with van der Waals surface area (Å²) >= 11 is 1.52. The average molecular weight is 799 g/mol. The molecule has 3 heterocycles. The lowest BCUT2D eigenvalue weighted by molar-refractivity contribution is -0.132. The number of pyridine rings is 1. The molecule has 1 fully saturated rings. The van der Waals surface area contributed by atoms with Crippen molar-refractivity contribution in [2.75, 3.05) is 19.6 Å². The number of carbonyl (C=O) groups excluding carboxylic acids is 3. The third kappa shape index (κ3) is 11.8. The maximum absolute atomic E-state index is 14.3. The minimum Gasteiger partial charge on any atom is -0.465 e. The van der Waals surface area contributed by atoms with Crippen LogP contribution in [0.1, 0.15) is 56.4 Å². The first kappa shape index (κ1) is 42.8. The molecule has 5 N–H and O–H groups in total. The van der Waals surface area contributed by atoms with Crippen LogP contribution in [0.2, 0.25) is 0 Å². The normalized spacial score (nSPS) is 15.4. The Labute approximate surface area is 338 Å². The Morgan fingerprint density at radius 3 is 2.23 bits per heavy atom. The van der Waals surface area contributed by atoms with Gasteiger partial charge >= 0.3 is 12.1 Å². The summed E-state index contributed by atoms with van der Waals surface area (Å²) in [7, 11) is 0. The Bertz CT molecular complexity index is 1950. The Morgan fingerprint density at radius 1 is 0.930 bits per heavy atom. The zero-order chi connectivity index (χ0) is 41.3. The van der Waals surface area contributed by atoms with Gasteiger partial charge in [0.15, 0.2) is 0 Å². The number of hydrazine groups is 1. The number of hydrogen-bond donors (Lipinski definition) is 5. The molecule has 304 valence electrons. The number of rotatable bonds is 17. The SMILES string of the molecule is Cc1nc(CN2CCN([C@H](C(=O)N[C@@H](Cc3ccccc3)[C@@H](O)CN(Cc3ccc(-c4ccccn4)cc3)NC(=O)C(NC(=O)O)C(C)(C)C)C(C)C)C2=O)cs1. The van der Waals surface area contributed by atoms with Crippen LogP contribution in [0, 0.1) is 18.3 Å². The van der Waals surface area contributed by atoms with Crippen LogP contribution in [0.25, 0.3) is 11.3 Å². The molecule has 0 radical (unpaired) electrons. The van der Waals surface area contributed by atoms with Gasteiger partial charge in [-0.1, -0.05) is 95.3 Å². The second-order valence-corrected chi connectivity index (χ2v) is 16.9. The van der Waals surface area contributed by atoms with Crippen molar-refractivity contribution in [3.8, 4) is 11.3 Å². The van der Waals surface area contributed by atoms with Crippen molar-refractivity contribution < 1.29 is 29.4 Å². The molecule has 4 aromatic rings. The first-order valence-corrected chi connectivity index (χ1v) is 20.0. The Balaban J connectivity index is 1.39. The Hall–Kier alpha value is -5.38. The molecule has 0 aliphatic carbocycles. The number of thiazole rings is 1. The third-order valence-electron chi connectivity index (χ3n) is 9.83. The molecule has 1 aliphatic heterocycles. The summed E-state index contributed by atoms with van der Waals surface area (Å²) in [4.78, 5) is 65.7. The number of hydrogen-bond acceptors (Lipinski definition) is 9. The van der Waals surface area contributed by atoms with E-state index in [4.69, 9.17) is 0 Å². The number of carboxylic acid groups (broad SMARTS) is 1. The van der Waals surface area contributed by atoms with E-state index in [2.05, 4.69) is 26.0 Å². The fourth-order valence-corrected chi connectivity index (χ4v) is 7.57. The molecule has 15 heteroatoms. The van der Waals surface area contributed by atoms with E-state index >= 15 is 0 Å². The Morgan fingerprint density at radius 2 is 1.63 bits per heavy atom. The van der Waals surface area contributed by atoms with E-state index in [1.54, 1.807) is 36.8 Å². The topological polar surface area (TPSA) is 180 Å². The van der Waals surface area contributed by atoms with Gasteiger partial charge in [-0.25, -0.2) is 19.6 Å². The molecule has 4 atom stereocenters. The lowest BCUT2D eigenvalue weighted by Crippen LogP contribution is -2.60. The second-order valence-electron chi connectivity index (χ2n) is 15.8. The quantitative estimate of drug-likeness (QED) is 0.0911. The zero-order valence-corrected chi connectivity index (χ0v) is 34.2. The molecule has 2 aromatic carbocycles. The van der Waals surface area contributed by atoms with E-state index in [1.165, 1.54) is 16.3 Å². The van der Waals surface area contributed by atoms with Crippen molar-refractivity contribution in [2.45, 2.75) is 85.3 Å². The summed E-state index contributed by atoms with van der Waals surface area (Å²) in [6, 6.07) is 19.7. The molecule has 14 nitrogen and oxygen atoms in total. The number of aryl methyl sites for hydroxylation is 1. The molecule has 1 aliphatic rings. The third-order valence-corrected chi connectivity index (χ3v) is 10.7. The molecule has 1 unspecified atom stereocenters. The molecular weight excluding hydrogens is 745 g/mol. The van der Waals surface area contributed by atoms with Crippen LogP contribution in [0.3, 0.4) is 0 Å². The van der Waals surface area contributed by atoms with Gasteiger partial charge in [0.2, 0.25) is 5.91 Å². The molecule has 5 rings (SSSR count). The smallest absolute Gasteiger partial charge is 0.405 e. The molecule has 2 aromatic heterocycles. The van der Waals surface area contributed by atoms with Gasteiger partial charge in [-0.3, -0.25) is 20.0 Å².